The Morgan fingerprint density at radius 1 is 0.957 bits per heavy atom. The highest BCUT2D eigenvalue weighted by molar-refractivity contribution is 7.13. The highest BCUT2D eigenvalue weighted by atomic mass is 32.1. The first-order chi connectivity index (χ1) is 11.3. The Labute approximate surface area is 137 Å². The van der Waals surface area contributed by atoms with Crippen LogP contribution in [0.25, 0.3) is 22.2 Å². The van der Waals surface area contributed by atoms with Crippen LogP contribution < -0.4 is 0 Å². The van der Waals surface area contributed by atoms with Gasteiger partial charge in [0, 0.05) is 29.6 Å². The molecule has 0 radical (unpaired) electrons. The summed E-state index contributed by atoms with van der Waals surface area (Å²) < 4.78 is 2.17. The van der Waals surface area contributed by atoms with Crippen LogP contribution in [0.4, 0.5) is 10.8 Å². The molecule has 23 heavy (non-hydrogen) atoms. The van der Waals surface area contributed by atoms with Gasteiger partial charge in [-0.25, -0.2) is 4.98 Å². The molecule has 0 aliphatic rings. The molecule has 0 atom stereocenters. The summed E-state index contributed by atoms with van der Waals surface area (Å²) in [7, 11) is 2.06. The van der Waals surface area contributed by atoms with Crippen LogP contribution in [-0.4, -0.2) is 9.55 Å². The van der Waals surface area contributed by atoms with Crippen molar-refractivity contribution in [3.8, 4) is 11.3 Å². The monoisotopic (exact) mass is 318 g/mol. The van der Waals surface area contributed by atoms with Gasteiger partial charge in [0.2, 0.25) is 5.13 Å². The van der Waals surface area contributed by atoms with E-state index in [0.29, 0.717) is 5.13 Å². The van der Waals surface area contributed by atoms with E-state index in [1.54, 1.807) is 6.20 Å². The smallest absolute Gasteiger partial charge is 0.229 e. The molecule has 2 aromatic carbocycles. The van der Waals surface area contributed by atoms with E-state index in [4.69, 9.17) is 0 Å². The molecule has 0 aliphatic heterocycles. The lowest BCUT2D eigenvalue weighted by atomic mass is 10.1. The number of nitrogens with zero attached hydrogens (tertiary/aromatic N) is 4. The first-order valence-corrected chi connectivity index (χ1v) is 8.16. The summed E-state index contributed by atoms with van der Waals surface area (Å²) >= 11 is 1.48. The molecule has 4 aromatic rings. The van der Waals surface area contributed by atoms with Crippen molar-refractivity contribution in [2.24, 2.45) is 17.3 Å². The van der Waals surface area contributed by atoms with Crippen LogP contribution in [0.3, 0.4) is 0 Å². The second kappa shape index (κ2) is 5.78. The molecule has 0 fully saturated rings. The lowest BCUT2D eigenvalue weighted by Gasteiger charge is -2.05. The molecule has 112 valence electrons. The molecular weight excluding hydrogens is 304 g/mol. The minimum Gasteiger partial charge on any atom is -0.342 e. The molecule has 0 N–H and O–H groups in total. The third-order valence-electron chi connectivity index (χ3n) is 3.78. The minimum absolute atomic E-state index is 0.664. The Morgan fingerprint density at radius 2 is 1.74 bits per heavy atom. The molecule has 0 unspecified atom stereocenters. The number of hydrogen-bond donors (Lipinski definition) is 0. The number of rotatable bonds is 3. The lowest BCUT2D eigenvalue weighted by molar-refractivity contribution is 0.976. The lowest BCUT2D eigenvalue weighted by Crippen LogP contribution is -1.90. The van der Waals surface area contributed by atoms with Gasteiger partial charge >= 0.3 is 0 Å². The maximum atomic E-state index is 4.53. The zero-order chi connectivity index (χ0) is 15.6. The molecule has 4 nitrogen and oxygen atoms in total. The van der Waals surface area contributed by atoms with Gasteiger partial charge in [0.15, 0.2) is 0 Å². The molecular formula is C18H14N4S. The van der Waals surface area contributed by atoms with Crippen molar-refractivity contribution < 1.29 is 0 Å². The predicted molar refractivity (Wildman–Crippen MR) is 94.6 cm³/mol. The molecule has 5 heteroatoms. The standard InChI is InChI=1S/C18H14N4S/c1-22-15-10-6-5-9-14(15)16(20-21-18-19-11-12-23-18)17(22)13-7-3-2-4-8-13/h2-12H,1H3/b21-20+. The molecule has 0 saturated carbocycles. The number of aryl methyl sites for hydroxylation is 1. The minimum atomic E-state index is 0.664. The second-order valence-corrected chi connectivity index (χ2v) is 6.03. The summed E-state index contributed by atoms with van der Waals surface area (Å²) in [5.41, 5.74) is 4.20. The largest absolute Gasteiger partial charge is 0.342 e. The highest BCUT2D eigenvalue weighted by Gasteiger charge is 2.16. The first-order valence-electron chi connectivity index (χ1n) is 7.28. The van der Waals surface area contributed by atoms with Crippen molar-refractivity contribution in [1.29, 1.82) is 0 Å². The third kappa shape index (κ3) is 2.45. The van der Waals surface area contributed by atoms with E-state index in [-0.39, 0.29) is 0 Å². The second-order valence-electron chi connectivity index (χ2n) is 5.15. The SMILES string of the molecule is Cn1c(-c2ccccc2)c(/N=N/c2nccs2)c2ccccc21. The van der Waals surface area contributed by atoms with E-state index in [1.165, 1.54) is 11.3 Å². The van der Waals surface area contributed by atoms with E-state index in [2.05, 4.69) is 51.1 Å². The number of fused-ring (bicyclic) bond motifs is 1. The Balaban J connectivity index is 1.97. The van der Waals surface area contributed by atoms with Crippen molar-refractivity contribution in [3.63, 3.8) is 0 Å². The normalized spacial score (nSPS) is 11.5. The number of hydrogen-bond acceptors (Lipinski definition) is 4. The maximum Gasteiger partial charge on any atom is 0.229 e. The molecule has 2 aromatic heterocycles. The molecule has 0 bridgehead atoms. The van der Waals surface area contributed by atoms with E-state index < -0.39 is 0 Å². The van der Waals surface area contributed by atoms with Crippen molar-refractivity contribution in [3.05, 3.63) is 66.2 Å². The van der Waals surface area contributed by atoms with Crippen LogP contribution in [0.2, 0.25) is 0 Å². The van der Waals surface area contributed by atoms with Crippen molar-refractivity contribution >= 4 is 33.1 Å². The molecule has 0 spiro atoms. The Morgan fingerprint density at radius 3 is 2.52 bits per heavy atom. The highest BCUT2D eigenvalue weighted by Crippen LogP contribution is 2.40. The van der Waals surface area contributed by atoms with Gasteiger partial charge in [0.1, 0.15) is 5.69 Å². The van der Waals surface area contributed by atoms with Crippen molar-refractivity contribution in [1.82, 2.24) is 9.55 Å². The third-order valence-corrected chi connectivity index (χ3v) is 4.44. The number of para-hydroxylation sites is 1. The van der Waals surface area contributed by atoms with E-state index >= 15 is 0 Å². The molecule has 2 heterocycles. The first kappa shape index (κ1) is 13.8. The van der Waals surface area contributed by atoms with Gasteiger partial charge in [-0.05, 0) is 6.07 Å². The zero-order valence-corrected chi connectivity index (χ0v) is 13.4. The fourth-order valence-corrected chi connectivity index (χ4v) is 3.21. The molecule has 0 aliphatic carbocycles. The fraction of sp³-hybridized carbons (Fsp3) is 0.0556. The van der Waals surface area contributed by atoms with Crippen LogP contribution in [0.15, 0.2) is 76.4 Å². The van der Waals surface area contributed by atoms with E-state index in [9.17, 15) is 0 Å². The average Bonchev–Trinajstić information content (AvgIpc) is 3.21. The van der Waals surface area contributed by atoms with Crippen molar-refractivity contribution in [2.75, 3.05) is 0 Å². The van der Waals surface area contributed by atoms with E-state index in [0.717, 1.165) is 27.8 Å². The summed E-state index contributed by atoms with van der Waals surface area (Å²) in [6.07, 6.45) is 1.74. The number of azo groups is 1. The number of aromatic nitrogens is 2. The Hall–Kier alpha value is -2.79. The van der Waals surface area contributed by atoms with Gasteiger partial charge in [0.25, 0.3) is 0 Å². The number of benzene rings is 2. The number of thiazole rings is 1. The molecule has 4 rings (SSSR count). The van der Waals surface area contributed by atoms with Crippen LogP contribution in [0, 0.1) is 0 Å². The Bertz CT molecular complexity index is 969. The zero-order valence-electron chi connectivity index (χ0n) is 12.5. The van der Waals surface area contributed by atoms with Gasteiger partial charge in [-0.3, -0.25) is 0 Å². The summed E-state index contributed by atoms with van der Waals surface area (Å²) in [5.74, 6) is 0. The summed E-state index contributed by atoms with van der Waals surface area (Å²) in [6.45, 7) is 0. The van der Waals surface area contributed by atoms with Gasteiger partial charge in [-0.1, -0.05) is 48.5 Å². The van der Waals surface area contributed by atoms with Gasteiger partial charge < -0.3 is 4.57 Å². The van der Waals surface area contributed by atoms with Gasteiger partial charge in [-0.2, -0.15) is 0 Å². The topological polar surface area (TPSA) is 42.5 Å². The van der Waals surface area contributed by atoms with Crippen LogP contribution in [0.5, 0.6) is 0 Å². The van der Waals surface area contributed by atoms with Gasteiger partial charge in [0.05, 0.1) is 11.2 Å². The summed E-state index contributed by atoms with van der Waals surface area (Å²) in [5, 5.41) is 12.5. The Kier molecular flexibility index (Phi) is 3.48. The maximum absolute atomic E-state index is 4.53. The van der Waals surface area contributed by atoms with Crippen LogP contribution in [0.1, 0.15) is 0 Å². The van der Waals surface area contributed by atoms with Gasteiger partial charge in [-0.15, -0.1) is 21.6 Å². The van der Waals surface area contributed by atoms with Crippen LogP contribution >= 0.6 is 11.3 Å². The molecule has 0 amide bonds. The average molecular weight is 318 g/mol. The van der Waals surface area contributed by atoms with Crippen molar-refractivity contribution in [2.45, 2.75) is 0 Å². The summed E-state index contributed by atoms with van der Waals surface area (Å²) in [4.78, 5) is 4.17. The summed E-state index contributed by atoms with van der Waals surface area (Å²) in [6, 6.07) is 18.5. The fourth-order valence-electron chi connectivity index (χ4n) is 2.76. The van der Waals surface area contributed by atoms with Crippen LogP contribution in [-0.2, 0) is 7.05 Å². The quantitative estimate of drug-likeness (QED) is 0.446. The predicted octanol–water partition coefficient (Wildman–Crippen LogP) is 5.72. The van der Waals surface area contributed by atoms with E-state index in [1.807, 2.05) is 35.7 Å². The molecule has 0 saturated heterocycles.